The zero-order chi connectivity index (χ0) is 29.5. The lowest BCUT2D eigenvalue weighted by molar-refractivity contribution is -0.143. The Hall–Kier alpha value is -3.28. The van der Waals surface area contributed by atoms with Gasteiger partial charge in [0.1, 0.15) is 11.7 Å². The molecule has 1 fully saturated rings. The Bertz CT molecular complexity index is 1210. The average Bonchev–Trinajstić information content (AvgIpc) is 2.86. The van der Waals surface area contributed by atoms with Gasteiger partial charge < -0.3 is 14.4 Å². The molecular weight excluding hydrogens is 542 g/mol. The molecule has 0 aromatic heterocycles. The van der Waals surface area contributed by atoms with Crippen molar-refractivity contribution in [3.63, 3.8) is 0 Å². The fourth-order valence-corrected chi connectivity index (χ4v) is 5.05. The Balaban J connectivity index is 1.58. The number of amides is 1. The van der Waals surface area contributed by atoms with E-state index in [4.69, 9.17) is 9.47 Å². The zero-order valence-electron chi connectivity index (χ0n) is 22.2. The van der Waals surface area contributed by atoms with E-state index in [2.05, 4.69) is 0 Å². The minimum absolute atomic E-state index is 0.0272. The zero-order valence-corrected chi connectivity index (χ0v) is 22.2. The molecule has 218 valence electrons. The van der Waals surface area contributed by atoms with E-state index in [0.717, 1.165) is 11.1 Å². The molecule has 0 N–H and O–H groups in total. The fraction of sp³-hybridized carbons (Fsp3) is 0.500. The number of piperazine rings is 1. The molecule has 0 saturated carbocycles. The molecule has 6 nitrogen and oxygen atoms in total. The number of ether oxygens (including phenoxy) is 2. The summed E-state index contributed by atoms with van der Waals surface area (Å²) >= 11 is 0. The van der Waals surface area contributed by atoms with E-state index < -0.39 is 58.9 Å². The maximum atomic E-state index is 13.3. The topological polar surface area (TPSA) is 59.1 Å². The van der Waals surface area contributed by atoms with Crippen LogP contribution in [0.15, 0.2) is 42.5 Å². The molecule has 40 heavy (non-hydrogen) atoms. The normalized spacial score (nSPS) is 20.6. The molecule has 12 heteroatoms. The van der Waals surface area contributed by atoms with Crippen LogP contribution in [0.2, 0.25) is 0 Å². The van der Waals surface area contributed by atoms with Gasteiger partial charge in [0.15, 0.2) is 0 Å². The van der Waals surface area contributed by atoms with Crippen molar-refractivity contribution in [2.24, 2.45) is 0 Å². The van der Waals surface area contributed by atoms with Crippen LogP contribution >= 0.6 is 0 Å². The summed E-state index contributed by atoms with van der Waals surface area (Å²) in [5.74, 6) is -1.27. The van der Waals surface area contributed by atoms with Gasteiger partial charge in [-0.2, -0.15) is 26.3 Å². The molecule has 0 unspecified atom stereocenters. The van der Waals surface area contributed by atoms with Crippen LogP contribution in [0, 0.1) is 0 Å². The highest BCUT2D eigenvalue weighted by Gasteiger charge is 2.41. The molecule has 0 spiro atoms. The lowest BCUT2D eigenvalue weighted by Gasteiger charge is -2.44. The molecule has 0 radical (unpaired) electrons. The lowest BCUT2D eigenvalue weighted by atomic mass is 9.84. The third kappa shape index (κ3) is 6.89. The maximum Gasteiger partial charge on any atom is 0.416 e. The van der Waals surface area contributed by atoms with Crippen molar-refractivity contribution >= 4 is 12.1 Å². The standard InChI is InChI=1S/C28H30F6N2O4/c1-26(2,3)40-25(38)36-12-10-35(11-13-36)23-21-7-5-4-6-17(21)8-9-22(23)39-24(37)18-14-19(27(29,30)31)16-20(15-18)28(32,33)34/h4-7,14-16,22-23H,8-13H2,1-3H3/t22-,23-/m1/s1. The van der Waals surface area contributed by atoms with Crippen molar-refractivity contribution in [2.75, 3.05) is 26.2 Å². The van der Waals surface area contributed by atoms with Crippen molar-refractivity contribution in [3.05, 3.63) is 70.3 Å². The van der Waals surface area contributed by atoms with Gasteiger partial charge in [-0.15, -0.1) is 0 Å². The number of benzene rings is 2. The third-order valence-corrected chi connectivity index (χ3v) is 6.87. The van der Waals surface area contributed by atoms with Crippen molar-refractivity contribution in [3.8, 4) is 0 Å². The first-order chi connectivity index (χ1) is 18.5. The van der Waals surface area contributed by atoms with Gasteiger partial charge in [0.25, 0.3) is 0 Å². The molecule has 1 aliphatic carbocycles. The Morgan fingerprint density at radius 1 is 0.850 bits per heavy atom. The predicted molar refractivity (Wildman–Crippen MR) is 133 cm³/mol. The number of halogens is 6. The second kappa shape index (κ2) is 10.9. The number of carbonyl (C=O) groups is 2. The Kier molecular flexibility index (Phi) is 8.13. The Labute approximate surface area is 227 Å². The lowest BCUT2D eigenvalue weighted by Crippen LogP contribution is -2.53. The summed E-state index contributed by atoms with van der Waals surface area (Å²) in [5.41, 5.74) is -2.79. The first-order valence-electron chi connectivity index (χ1n) is 12.8. The summed E-state index contributed by atoms with van der Waals surface area (Å²) in [4.78, 5) is 29.1. The number of fused-ring (bicyclic) bond motifs is 1. The number of carbonyl (C=O) groups excluding carboxylic acids is 2. The van der Waals surface area contributed by atoms with Gasteiger partial charge in [0.2, 0.25) is 0 Å². The molecule has 1 amide bonds. The SMILES string of the molecule is CC(C)(C)OC(=O)N1CCN([C@@H]2c3ccccc3CC[C@H]2OC(=O)c2cc(C(F)(F)F)cc(C(F)(F)F)c2)CC1. The summed E-state index contributed by atoms with van der Waals surface area (Å²) in [7, 11) is 0. The molecule has 1 saturated heterocycles. The number of alkyl halides is 6. The first kappa shape index (κ1) is 29.7. The van der Waals surface area contributed by atoms with E-state index in [1.165, 1.54) is 0 Å². The number of nitrogens with zero attached hydrogens (tertiary/aromatic N) is 2. The largest absolute Gasteiger partial charge is 0.457 e. The average molecular weight is 573 g/mol. The highest BCUT2D eigenvalue weighted by molar-refractivity contribution is 5.90. The number of hydrogen-bond donors (Lipinski definition) is 0. The van der Waals surface area contributed by atoms with E-state index >= 15 is 0 Å². The second-order valence-corrected chi connectivity index (χ2v) is 10.9. The van der Waals surface area contributed by atoms with Gasteiger partial charge in [-0.1, -0.05) is 24.3 Å². The van der Waals surface area contributed by atoms with Gasteiger partial charge in [-0.05, 0) is 62.9 Å². The molecule has 2 atom stereocenters. The Morgan fingerprint density at radius 2 is 1.43 bits per heavy atom. The Morgan fingerprint density at radius 3 is 1.98 bits per heavy atom. The summed E-state index contributed by atoms with van der Waals surface area (Å²) in [6.45, 7) is 6.75. The highest BCUT2D eigenvalue weighted by atomic mass is 19.4. The maximum absolute atomic E-state index is 13.3. The van der Waals surface area contributed by atoms with Crippen LogP contribution < -0.4 is 0 Å². The second-order valence-electron chi connectivity index (χ2n) is 10.9. The first-order valence-corrected chi connectivity index (χ1v) is 12.8. The van der Waals surface area contributed by atoms with E-state index in [1.54, 1.807) is 25.7 Å². The number of esters is 1. The van der Waals surface area contributed by atoms with Gasteiger partial charge in [0, 0.05) is 26.2 Å². The molecule has 0 bridgehead atoms. The summed E-state index contributed by atoms with van der Waals surface area (Å²) in [5, 5.41) is 0. The smallest absolute Gasteiger partial charge is 0.416 e. The molecule has 1 heterocycles. The van der Waals surface area contributed by atoms with E-state index in [1.807, 2.05) is 29.2 Å². The van der Waals surface area contributed by atoms with Crippen LogP contribution in [0.4, 0.5) is 31.1 Å². The summed E-state index contributed by atoms with van der Waals surface area (Å²) in [6.07, 6.45) is -10.6. The quantitative estimate of drug-likeness (QED) is 0.311. The van der Waals surface area contributed by atoms with Crippen LogP contribution in [-0.2, 0) is 28.2 Å². The minimum Gasteiger partial charge on any atom is -0.457 e. The molecular formula is C28H30F6N2O4. The minimum atomic E-state index is -5.09. The fourth-order valence-electron chi connectivity index (χ4n) is 5.05. The van der Waals surface area contributed by atoms with Crippen LogP contribution in [0.1, 0.15) is 65.8 Å². The molecule has 1 aliphatic heterocycles. The molecule has 2 aromatic carbocycles. The van der Waals surface area contributed by atoms with Crippen molar-refractivity contribution < 1.29 is 45.4 Å². The third-order valence-electron chi connectivity index (χ3n) is 6.87. The van der Waals surface area contributed by atoms with Crippen molar-refractivity contribution in [1.82, 2.24) is 9.80 Å². The van der Waals surface area contributed by atoms with Gasteiger partial charge in [-0.3, -0.25) is 4.90 Å². The van der Waals surface area contributed by atoms with E-state index in [0.29, 0.717) is 51.2 Å². The van der Waals surface area contributed by atoms with Crippen LogP contribution in [0.3, 0.4) is 0 Å². The summed E-state index contributed by atoms with van der Waals surface area (Å²) < 4.78 is 91.2. The van der Waals surface area contributed by atoms with Gasteiger partial charge >= 0.3 is 24.4 Å². The van der Waals surface area contributed by atoms with E-state index in [9.17, 15) is 35.9 Å². The van der Waals surface area contributed by atoms with Crippen molar-refractivity contribution in [1.29, 1.82) is 0 Å². The van der Waals surface area contributed by atoms with Crippen LogP contribution in [0.5, 0.6) is 0 Å². The monoisotopic (exact) mass is 572 g/mol. The predicted octanol–water partition coefficient (Wildman–Crippen LogP) is 6.49. The van der Waals surface area contributed by atoms with Gasteiger partial charge in [-0.25, -0.2) is 9.59 Å². The summed E-state index contributed by atoms with van der Waals surface area (Å²) in [6, 6.07) is 7.71. The van der Waals surface area contributed by atoms with E-state index in [-0.39, 0.29) is 6.07 Å². The number of rotatable bonds is 3. The number of hydrogen-bond acceptors (Lipinski definition) is 5. The highest BCUT2D eigenvalue weighted by Crippen LogP contribution is 2.39. The molecule has 2 aliphatic rings. The van der Waals surface area contributed by atoms with Crippen molar-refractivity contribution in [2.45, 2.75) is 63.7 Å². The van der Waals surface area contributed by atoms with Crippen LogP contribution in [-0.4, -0.2) is 59.7 Å². The molecule has 4 rings (SSSR count). The molecule has 2 aromatic rings. The number of aryl methyl sites for hydroxylation is 1. The van der Waals surface area contributed by atoms with Crippen LogP contribution in [0.25, 0.3) is 0 Å². The van der Waals surface area contributed by atoms with Gasteiger partial charge in [0.05, 0.1) is 22.7 Å².